The van der Waals surface area contributed by atoms with Crippen LogP contribution >= 0.6 is 11.6 Å². The summed E-state index contributed by atoms with van der Waals surface area (Å²) in [5.41, 5.74) is 1.27. The van der Waals surface area contributed by atoms with Gasteiger partial charge >= 0.3 is 0 Å². The number of aromatic amines is 1. The molecule has 0 spiro atoms. The van der Waals surface area contributed by atoms with Crippen LogP contribution < -0.4 is 10.9 Å². The van der Waals surface area contributed by atoms with Crippen LogP contribution in [-0.4, -0.2) is 19.7 Å². The lowest BCUT2D eigenvalue weighted by atomic mass is 10.3. The third kappa shape index (κ3) is 2.95. The Morgan fingerprint density at radius 1 is 1.24 bits per heavy atom. The minimum absolute atomic E-state index is 0.217. The third-order valence-electron chi connectivity index (χ3n) is 2.82. The number of rotatable bonds is 3. The van der Waals surface area contributed by atoms with Gasteiger partial charge in [0.1, 0.15) is 5.82 Å². The van der Waals surface area contributed by atoms with Crippen molar-refractivity contribution in [1.82, 2.24) is 19.7 Å². The molecule has 2 aromatic heterocycles. The van der Waals surface area contributed by atoms with Crippen molar-refractivity contribution >= 4 is 23.1 Å². The zero-order valence-corrected chi connectivity index (χ0v) is 11.9. The highest BCUT2D eigenvalue weighted by Crippen LogP contribution is 2.19. The van der Waals surface area contributed by atoms with Crippen molar-refractivity contribution in [2.45, 2.75) is 6.92 Å². The van der Waals surface area contributed by atoms with Crippen molar-refractivity contribution in [2.24, 2.45) is 0 Å². The Morgan fingerprint density at radius 3 is 2.71 bits per heavy atom. The number of hydrogen-bond acceptors (Lipinski definition) is 4. The molecule has 3 aromatic rings. The second-order valence-electron chi connectivity index (χ2n) is 4.47. The average Bonchev–Trinajstić information content (AvgIpc) is 2.88. The quantitative estimate of drug-likeness (QED) is 0.780. The van der Waals surface area contributed by atoms with Crippen LogP contribution in [0.3, 0.4) is 0 Å². The Bertz CT molecular complexity index is 822. The lowest BCUT2D eigenvalue weighted by Crippen LogP contribution is -2.15. The predicted molar refractivity (Wildman–Crippen MR) is 81.5 cm³/mol. The minimum atomic E-state index is -0.217. The molecule has 1 aromatic carbocycles. The van der Waals surface area contributed by atoms with Gasteiger partial charge in [-0.25, -0.2) is 4.98 Å². The predicted octanol–water partition coefficient (Wildman–Crippen LogP) is 2.66. The molecule has 0 aliphatic heterocycles. The smallest absolute Gasteiger partial charge is 0.252 e. The van der Waals surface area contributed by atoms with Gasteiger partial charge in [0, 0.05) is 28.5 Å². The van der Waals surface area contributed by atoms with Gasteiger partial charge in [-0.05, 0) is 31.2 Å². The zero-order chi connectivity index (χ0) is 14.8. The summed E-state index contributed by atoms with van der Waals surface area (Å²) in [7, 11) is 0. The van der Waals surface area contributed by atoms with Gasteiger partial charge in [0.25, 0.3) is 5.56 Å². The lowest BCUT2D eigenvalue weighted by Gasteiger charge is -2.09. The summed E-state index contributed by atoms with van der Waals surface area (Å²) >= 11 is 5.86. The Labute approximate surface area is 125 Å². The van der Waals surface area contributed by atoms with Gasteiger partial charge in [-0.2, -0.15) is 9.78 Å². The Kier molecular flexibility index (Phi) is 3.45. The van der Waals surface area contributed by atoms with Crippen molar-refractivity contribution in [3.05, 3.63) is 63.7 Å². The standard InChI is InChI=1S/C14H12ClN5O/c1-9-8-13(21)19-14(17-9)20-12(6-7-16-20)18-11-4-2-10(15)3-5-11/h2-8,18H,1H3,(H,17,19,21). The summed E-state index contributed by atoms with van der Waals surface area (Å²) in [4.78, 5) is 18.5. The molecule has 0 radical (unpaired) electrons. The molecular weight excluding hydrogens is 290 g/mol. The minimum Gasteiger partial charge on any atom is -0.340 e. The Hall–Kier alpha value is -2.60. The molecule has 0 fully saturated rings. The molecule has 0 saturated carbocycles. The molecule has 0 atom stereocenters. The number of aryl methyl sites for hydroxylation is 1. The van der Waals surface area contributed by atoms with Crippen LogP contribution in [0.25, 0.3) is 5.95 Å². The number of halogens is 1. The number of hydrogen-bond donors (Lipinski definition) is 2. The molecule has 3 rings (SSSR count). The van der Waals surface area contributed by atoms with E-state index in [0.717, 1.165) is 5.69 Å². The van der Waals surface area contributed by atoms with E-state index in [2.05, 4.69) is 20.4 Å². The fourth-order valence-corrected chi connectivity index (χ4v) is 2.04. The number of benzene rings is 1. The van der Waals surface area contributed by atoms with Crippen LogP contribution in [-0.2, 0) is 0 Å². The summed E-state index contributed by atoms with van der Waals surface area (Å²) in [6.07, 6.45) is 1.63. The van der Waals surface area contributed by atoms with Gasteiger partial charge in [0.15, 0.2) is 0 Å². The van der Waals surface area contributed by atoms with Gasteiger partial charge in [-0.3, -0.25) is 9.78 Å². The highest BCUT2D eigenvalue weighted by molar-refractivity contribution is 6.30. The van der Waals surface area contributed by atoms with E-state index in [1.54, 1.807) is 31.3 Å². The molecule has 6 nitrogen and oxygen atoms in total. The Morgan fingerprint density at radius 2 is 2.00 bits per heavy atom. The summed E-state index contributed by atoms with van der Waals surface area (Å²) in [6, 6.07) is 10.5. The van der Waals surface area contributed by atoms with E-state index in [1.807, 2.05) is 12.1 Å². The fourth-order valence-electron chi connectivity index (χ4n) is 1.91. The van der Waals surface area contributed by atoms with Gasteiger partial charge < -0.3 is 5.32 Å². The topological polar surface area (TPSA) is 75.6 Å². The third-order valence-corrected chi connectivity index (χ3v) is 3.07. The molecule has 0 amide bonds. The van der Waals surface area contributed by atoms with Crippen LogP contribution in [0.5, 0.6) is 0 Å². The van der Waals surface area contributed by atoms with E-state index < -0.39 is 0 Å². The number of anilines is 2. The largest absolute Gasteiger partial charge is 0.340 e. The van der Waals surface area contributed by atoms with Gasteiger partial charge in [-0.15, -0.1) is 0 Å². The highest BCUT2D eigenvalue weighted by Gasteiger charge is 2.08. The summed E-state index contributed by atoms with van der Waals surface area (Å²) in [5.74, 6) is 1.05. The van der Waals surface area contributed by atoms with E-state index in [1.165, 1.54) is 10.7 Å². The van der Waals surface area contributed by atoms with Gasteiger partial charge in [0.2, 0.25) is 5.95 Å². The molecule has 0 aliphatic carbocycles. The monoisotopic (exact) mass is 301 g/mol. The second kappa shape index (κ2) is 5.41. The van der Waals surface area contributed by atoms with Gasteiger partial charge in [0.05, 0.1) is 6.20 Å². The van der Waals surface area contributed by atoms with E-state index in [4.69, 9.17) is 11.6 Å². The first kappa shape index (κ1) is 13.4. The van der Waals surface area contributed by atoms with Crippen molar-refractivity contribution < 1.29 is 0 Å². The maximum atomic E-state index is 11.5. The second-order valence-corrected chi connectivity index (χ2v) is 4.91. The molecule has 21 heavy (non-hydrogen) atoms. The van der Waals surface area contributed by atoms with Crippen LogP contribution in [0.2, 0.25) is 5.02 Å². The van der Waals surface area contributed by atoms with Crippen molar-refractivity contribution in [1.29, 1.82) is 0 Å². The fraction of sp³-hybridized carbons (Fsp3) is 0.0714. The van der Waals surface area contributed by atoms with Crippen LogP contribution in [0, 0.1) is 6.92 Å². The molecule has 2 N–H and O–H groups in total. The first-order chi connectivity index (χ1) is 10.1. The Balaban J connectivity index is 1.97. The van der Waals surface area contributed by atoms with Crippen molar-refractivity contribution in [3.63, 3.8) is 0 Å². The molecule has 0 saturated heterocycles. The molecule has 106 valence electrons. The molecule has 2 heterocycles. The van der Waals surface area contributed by atoms with E-state index in [0.29, 0.717) is 22.5 Å². The van der Waals surface area contributed by atoms with E-state index >= 15 is 0 Å². The summed E-state index contributed by atoms with van der Waals surface area (Å²) < 4.78 is 1.53. The van der Waals surface area contributed by atoms with Crippen LogP contribution in [0.4, 0.5) is 11.5 Å². The lowest BCUT2D eigenvalue weighted by molar-refractivity contribution is 0.801. The molecule has 0 bridgehead atoms. The maximum absolute atomic E-state index is 11.5. The van der Waals surface area contributed by atoms with Gasteiger partial charge in [-0.1, -0.05) is 11.6 Å². The summed E-state index contributed by atoms with van der Waals surface area (Å²) in [6.45, 7) is 1.76. The summed E-state index contributed by atoms with van der Waals surface area (Å²) in [5, 5.41) is 8.04. The van der Waals surface area contributed by atoms with Crippen LogP contribution in [0.15, 0.2) is 47.4 Å². The SMILES string of the molecule is Cc1cc(=O)[nH]c(-n2nccc2Nc2ccc(Cl)cc2)n1. The first-order valence-electron chi connectivity index (χ1n) is 6.27. The highest BCUT2D eigenvalue weighted by atomic mass is 35.5. The van der Waals surface area contributed by atoms with E-state index in [-0.39, 0.29) is 5.56 Å². The molecule has 0 aliphatic rings. The molecular formula is C14H12ClN5O. The molecule has 7 heteroatoms. The number of aromatic nitrogens is 4. The van der Waals surface area contributed by atoms with E-state index in [9.17, 15) is 4.79 Å². The number of nitrogens with one attached hydrogen (secondary N) is 2. The van der Waals surface area contributed by atoms with Crippen LogP contribution in [0.1, 0.15) is 5.69 Å². The normalized spacial score (nSPS) is 10.6. The molecule has 0 unspecified atom stereocenters. The van der Waals surface area contributed by atoms with Crippen molar-refractivity contribution in [3.8, 4) is 5.95 Å². The average molecular weight is 302 g/mol. The zero-order valence-electron chi connectivity index (χ0n) is 11.2. The first-order valence-corrected chi connectivity index (χ1v) is 6.64. The van der Waals surface area contributed by atoms with Crippen molar-refractivity contribution in [2.75, 3.05) is 5.32 Å². The number of nitrogens with zero attached hydrogens (tertiary/aromatic N) is 3. The number of H-pyrrole nitrogens is 1. The maximum Gasteiger partial charge on any atom is 0.252 e.